The van der Waals surface area contributed by atoms with E-state index < -0.39 is 0 Å². The molecule has 1 aromatic heterocycles. The monoisotopic (exact) mass is 284 g/mol. The van der Waals surface area contributed by atoms with Crippen LogP contribution in [-0.2, 0) is 0 Å². The molecule has 3 nitrogen and oxygen atoms in total. The summed E-state index contributed by atoms with van der Waals surface area (Å²) in [6, 6.07) is 0. The fourth-order valence-corrected chi connectivity index (χ4v) is 2.62. The zero-order valence-electron chi connectivity index (χ0n) is 10.1. The van der Waals surface area contributed by atoms with Gasteiger partial charge in [-0.2, -0.15) is 0 Å². The number of hydrogen-bond donors (Lipinski definition) is 1. The topological polar surface area (TPSA) is 45.8 Å². The zero-order chi connectivity index (χ0) is 12.1. The van der Waals surface area contributed by atoms with Crippen LogP contribution in [0.15, 0.2) is 9.27 Å². The molecule has 1 N–H and O–H groups in total. The van der Waals surface area contributed by atoms with Crippen LogP contribution >= 0.6 is 15.9 Å². The minimum atomic E-state index is -0.0589. The highest BCUT2D eigenvalue weighted by atomic mass is 79.9. The van der Waals surface area contributed by atoms with Crippen molar-refractivity contribution in [3.05, 3.63) is 26.3 Å². The van der Waals surface area contributed by atoms with Crippen LogP contribution in [0.3, 0.4) is 0 Å². The second-order valence-corrected chi connectivity index (χ2v) is 6.34. The van der Waals surface area contributed by atoms with E-state index in [1.165, 1.54) is 0 Å². The maximum atomic E-state index is 11.8. The van der Waals surface area contributed by atoms with Crippen LogP contribution < -0.4 is 5.56 Å². The Morgan fingerprint density at radius 3 is 2.50 bits per heavy atom. The molecule has 0 aromatic carbocycles. The molecule has 1 unspecified atom stereocenters. The molecular formula is C12H17BrN2O. The Morgan fingerprint density at radius 1 is 1.50 bits per heavy atom. The van der Waals surface area contributed by atoms with E-state index in [-0.39, 0.29) is 16.9 Å². The number of rotatable bonds is 2. The van der Waals surface area contributed by atoms with Gasteiger partial charge < -0.3 is 4.98 Å². The van der Waals surface area contributed by atoms with Crippen LogP contribution in [-0.4, -0.2) is 9.97 Å². The number of nitrogens with zero attached hydrogens (tertiary/aromatic N) is 1. The zero-order valence-corrected chi connectivity index (χ0v) is 11.7. The number of halogens is 1. The van der Waals surface area contributed by atoms with Crippen LogP contribution in [0, 0.1) is 5.41 Å². The van der Waals surface area contributed by atoms with E-state index in [4.69, 9.17) is 0 Å². The molecule has 88 valence electrons. The van der Waals surface area contributed by atoms with E-state index in [1.54, 1.807) is 0 Å². The second kappa shape index (κ2) is 3.69. The Kier molecular flexibility index (Phi) is 2.73. The molecule has 1 saturated carbocycles. The molecule has 4 heteroatoms. The van der Waals surface area contributed by atoms with Crippen molar-refractivity contribution in [3.8, 4) is 0 Å². The third-order valence-electron chi connectivity index (χ3n) is 3.30. The van der Waals surface area contributed by atoms with E-state index in [2.05, 4.69) is 39.7 Å². The number of H-pyrrole nitrogens is 1. The maximum absolute atomic E-state index is 11.8. The first-order chi connectivity index (χ1) is 7.33. The van der Waals surface area contributed by atoms with Gasteiger partial charge in [-0.1, -0.05) is 27.7 Å². The van der Waals surface area contributed by atoms with Gasteiger partial charge >= 0.3 is 0 Å². The summed E-state index contributed by atoms with van der Waals surface area (Å²) in [4.78, 5) is 19.2. The highest BCUT2D eigenvalue weighted by Gasteiger charge is 2.48. The van der Waals surface area contributed by atoms with Crippen molar-refractivity contribution >= 4 is 15.9 Å². The van der Waals surface area contributed by atoms with Gasteiger partial charge in [-0.15, -0.1) is 0 Å². The summed E-state index contributed by atoms with van der Waals surface area (Å²) < 4.78 is 0.574. The molecule has 0 radical (unpaired) electrons. The molecule has 2 rings (SSSR count). The van der Waals surface area contributed by atoms with Crippen molar-refractivity contribution in [2.24, 2.45) is 5.41 Å². The molecule has 0 aliphatic heterocycles. The minimum absolute atomic E-state index is 0.0589. The lowest BCUT2D eigenvalue weighted by Gasteiger charge is -2.10. The highest BCUT2D eigenvalue weighted by Crippen LogP contribution is 2.57. The number of nitrogens with one attached hydrogen (secondary N) is 1. The predicted octanol–water partition coefficient (Wildman–Crippen LogP) is 3.17. The molecule has 1 aliphatic rings. The van der Waals surface area contributed by atoms with Crippen LogP contribution in [0.1, 0.15) is 57.5 Å². The van der Waals surface area contributed by atoms with Crippen molar-refractivity contribution in [1.82, 2.24) is 9.97 Å². The number of aromatic amines is 1. The lowest BCUT2D eigenvalue weighted by molar-refractivity contribution is 0.603. The predicted molar refractivity (Wildman–Crippen MR) is 67.8 cm³/mol. The molecule has 1 aromatic rings. The summed E-state index contributed by atoms with van der Waals surface area (Å²) in [7, 11) is 0. The Balaban J connectivity index is 2.46. The third-order valence-corrected chi connectivity index (χ3v) is 4.06. The van der Waals surface area contributed by atoms with Crippen LogP contribution in [0.4, 0.5) is 0 Å². The van der Waals surface area contributed by atoms with Gasteiger partial charge in [0.25, 0.3) is 5.56 Å². The Bertz CT molecular complexity index is 476. The second-order valence-electron chi connectivity index (χ2n) is 5.55. The van der Waals surface area contributed by atoms with E-state index in [0.717, 1.165) is 17.9 Å². The third kappa shape index (κ3) is 1.95. The Morgan fingerprint density at radius 2 is 2.06 bits per heavy atom. The van der Waals surface area contributed by atoms with Crippen molar-refractivity contribution in [1.29, 1.82) is 0 Å². The Hall–Kier alpha value is -0.640. The van der Waals surface area contributed by atoms with Crippen LogP contribution in [0.2, 0.25) is 0 Å². The molecule has 0 spiro atoms. The Labute approximate surface area is 104 Å². The lowest BCUT2D eigenvalue weighted by Crippen LogP contribution is -2.16. The molecule has 1 fully saturated rings. The normalized spacial score (nSPS) is 22.5. The van der Waals surface area contributed by atoms with Gasteiger partial charge in [-0.3, -0.25) is 4.79 Å². The molecule has 16 heavy (non-hydrogen) atoms. The first-order valence-electron chi connectivity index (χ1n) is 5.62. The first kappa shape index (κ1) is 11.8. The summed E-state index contributed by atoms with van der Waals surface area (Å²) in [5.74, 6) is 1.52. The van der Waals surface area contributed by atoms with E-state index in [0.29, 0.717) is 10.4 Å². The van der Waals surface area contributed by atoms with Crippen molar-refractivity contribution in [2.45, 2.75) is 46.0 Å². The molecule has 0 bridgehead atoms. The number of aromatic nitrogens is 2. The summed E-state index contributed by atoms with van der Waals surface area (Å²) in [5.41, 5.74) is 1.09. The summed E-state index contributed by atoms with van der Waals surface area (Å²) in [6.07, 6.45) is 1.11. The largest absolute Gasteiger partial charge is 0.309 e. The summed E-state index contributed by atoms with van der Waals surface area (Å²) in [6.45, 7) is 8.51. The fourth-order valence-electron chi connectivity index (χ4n) is 1.98. The van der Waals surface area contributed by atoms with Crippen LogP contribution in [0.25, 0.3) is 0 Å². The quantitative estimate of drug-likeness (QED) is 0.907. The lowest BCUT2D eigenvalue weighted by atomic mass is 10.1. The average molecular weight is 285 g/mol. The van der Waals surface area contributed by atoms with Gasteiger partial charge in [0.15, 0.2) is 0 Å². The van der Waals surface area contributed by atoms with Crippen molar-refractivity contribution < 1.29 is 0 Å². The number of hydrogen-bond acceptors (Lipinski definition) is 2. The smallest absolute Gasteiger partial charge is 0.265 e. The van der Waals surface area contributed by atoms with Gasteiger partial charge in [-0.05, 0) is 33.7 Å². The molecule has 0 saturated heterocycles. The van der Waals surface area contributed by atoms with Gasteiger partial charge in [-0.25, -0.2) is 4.98 Å². The molecule has 1 heterocycles. The molecular weight excluding hydrogens is 268 g/mol. The van der Waals surface area contributed by atoms with Gasteiger partial charge in [0.05, 0.1) is 5.69 Å². The SMILES string of the molecule is CC(C)c1nc(C2CC2(C)C)[nH]c(=O)c1Br. The van der Waals surface area contributed by atoms with E-state index in [1.807, 2.05) is 13.8 Å². The van der Waals surface area contributed by atoms with Gasteiger partial charge in [0.2, 0.25) is 0 Å². The van der Waals surface area contributed by atoms with E-state index in [9.17, 15) is 4.79 Å². The molecule has 0 amide bonds. The van der Waals surface area contributed by atoms with Crippen LogP contribution in [0.5, 0.6) is 0 Å². The fraction of sp³-hybridized carbons (Fsp3) is 0.667. The van der Waals surface area contributed by atoms with E-state index >= 15 is 0 Å². The summed E-state index contributed by atoms with van der Waals surface area (Å²) >= 11 is 3.31. The molecule has 1 aliphatic carbocycles. The van der Waals surface area contributed by atoms with Gasteiger partial charge in [0, 0.05) is 5.92 Å². The molecule has 1 atom stereocenters. The standard InChI is InChI=1S/C12H17BrN2O/c1-6(2)9-8(13)11(16)15-10(14-9)7-5-12(7,3)4/h6-7H,5H2,1-4H3,(H,14,15,16). The first-order valence-corrected chi connectivity index (χ1v) is 6.42. The minimum Gasteiger partial charge on any atom is -0.309 e. The average Bonchev–Trinajstić information content (AvgIpc) is 2.79. The van der Waals surface area contributed by atoms with Crippen molar-refractivity contribution in [3.63, 3.8) is 0 Å². The van der Waals surface area contributed by atoms with Crippen molar-refractivity contribution in [2.75, 3.05) is 0 Å². The highest BCUT2D eigenvalue weighted by molar-refractivity contribution is 9.10. The maximum Gasteiger partial charge on any atom is 0.265 e. The summed E-state index contributed by atoms with van der Waals surface area (Å²) in [5, 5.41) is 0. The van der Waals surface area contributed by atoms with Gasteiger partial charge in [0.1, 0.15) is 10.3 Å².